The summed E-state index contributed by atoms with van der Waals surface area (Å²) in [6, 6.07) is 0.191. The van der Waals surface area contributed by atoms with Gasteiger partial charge in [0.15, 0.2) is 0 Å². The molecule has 0 bridgehead atoms. The van der Waals surface area contributed by atoms with Crippen LogP contribution in [0.5, 0.6) is 0 Å². The topological polar surface area (TPSA) is 58.2 Å². The zero-order valence-electron chi connectivity index (χ0n) is 11.6. The van der Waals surface area contributed by atoms with Gasteiger partial charge in [0.1, 0.15) is 0 Å². The molecule has 1 aliphatic rings. The number of hydrogen-bond acceptors (Lipinski definition) is 2. The number of carbonyl (C=O) groups is 2. The maximum Gasteiger partial charge on any atom is 0.309 e. The van der Waals surface area contributed by atoms with Crippen molar-refractivity contribution in [1.82, 2.24) is 10.6 Å². The van der Waals surface area contributed by atoms with Crippen molar-refractivity contribution in [2.24, 2.45) is 5.92 Å². The normalized spacial score (nSPS) is 17.3. The lowest BCUT2D eigenvalue weighted by molar-refractivity contribution is -0.139. The molecule has 0 aliphatic heterocycles. The summed E-state index contributed by atoms with van der Waals surface area (Å²) in [5, 5.41) is 5.51. The van der Waals surface area contributed by atoms with Crippen LogP contribution in [0.1, 0.15) is 58.8 Å². The molecule has 0 atom stereocenters. The first-order valence-electron chi connectivity index (χ1n) is 7.18. The highest BCUT2D eigenvalue weighted by molar-refractivity contribution is 6.35. The molecule has 1 fully saturated rings. The van der Waals surface area contributed by atoms with Crippen LogP contribution < -0.4 is 10.6 Å². The van der Waals surface area contributed by atoms with E-state index in [4.69, 9.17) is 0 Å². The summed E-state index contributed by atoms with van der Waals surface area (Å²) in [7, 11) is 0. The molecule has 0 aromatic carbocycles. The number of hydrogen-bond donors (Lipinski definition) is 2. The highest BCUT2D eigenvalue weighted by Gasteiger charge is 2.19. The second-order valence-electron chi connectivity index (χ2n) is 5.60. The molecular formula is C14H26N2O2. The lowest BCUT2D eigenvalue weighted by atomic mass is 10.1. The van der Waals surface area contributed by atoms with Gasteiger partial charge in [-0.2, -0.15) is 0 Å². The Morgan fingerprint density at radius 3 is 2.22 bits per heavy atom. The van der Waals surface area contributed by atoms with Gasteiger partial charge in [-0.05, 0) is 25.2 Å². The third kappa shape index (κ3) is 6.03. The molecule has 0 saturated heterocycles. The zero-order chi connectivity index (χ0) is 13.4. The number of rotatable bonds is 4. The van der Waals surface area contributed by atoms with Crippen molar-refractivity contribution in [2.75, 3.05) is 6.54 Å². The number of nitrogens with one attached hydrogen (secondary N) is 2. The monoisotopic (exact) mass is 254 g/mol. The van der Waals surface area contributed by atoms with E-state index in [0.717, 1.165) is 32.1 Å². The van der Waals surface area contributed by atoms with Crippen molar-refractivity contribution >= 4 is 11.8 Å². The first kappa shape index (κ1) is 15.0. The van der Waals surface area contributed by atoms with Crippen molar-refractivity contribution in [1.29, 1.82) is 0 Å². The molecule has 0 radical (unpaired) electrons. The Hall–Kier alpha value is -1.06. The van der Waals surface area contributed by atoms with Crippen molar-refractivity contribution < 1.29 is 9.59 Å². The van der Waals surface area contributed by atoms with Gasteiger partial charge in [0, 0.05) is 12.6 Å². The minimum atomic E-state index is -0.486. The number of carbonyl (C=O) groups excluding carboxylic acids is 2. The molecule has 0 heterocycles. The molecule has 0 aromatic heterocycles. The fourth-order valence-electron chi connectivity index (χ4n) is 2.23. The molecule has 1 saturated carbocycles. The molecule has 18 heavy (non-hydrogen) atoms. The van der Waals surface area contributed by atoms with E-state index in [1.165, 1.54) is 12.8 Å². The second kappa shape index (κ2) is 8.11. The van der Waals surface area contributed by atoms with Crippen LogP contribution >= 0.6 is 0 Å². The Balaban J connectivity index is 2.23. The third-order valence-corrected chi connectivity index (χ3v) is 3.40. The number of amides is 2. The summed E-state index contributed by atoms with van der Waals surface area (Å²) >= 11 is 0. The van der Waals surface area contributed by atoms with E-state index in [0.29, 0.717) is 12.5 Å². The Kier molecular flexibility index (Phi) is 6.76. The van der Waals surface area contributed by atoms with Crippen molar-refractivity contribution in [3.05, 3.63) is 0 Å². The summed E-state index contributed by atoms with van der Waals surface area (Å²) in [5.74, 6) is -0.416. The van der Waals surface area contributed by atoms with Gasteiger partial charge in [0.25, 0.3) is 0 Å². The Morgan fingerprint density at radius 1 is 1.06 bits per heavy atom. The molecule has 0 unspecified atom stereocenters. The summed E-state index contributed by atoms with van der Waals surface area (Å²) in [6.07, 6.45) is 7.71. The minimum absolute atomic E-state index is 0.191. The lowest BCUT2D eigenvalue weighted by Gasteiger charge is -2.15. The average Bonchev–Trinajstić information content (AvgIpc) is 2.57. The lowest BCUT2D eigenvalue weighted by Crippen LogP contribution is -2.44. The van der Waals surface area contributed by atoms with Gasteiger partial charge < -0.3 is 10.6 Å². The van der Waals surface area contributed by atoms with Gasteiger partial charge in [-0.1, -0.05) is 39.5 Å². The van der Waals surface area contributed by atoms with Crippen LogP contribution in [0.15, 0.2) is 0 Å². The summed E-state index contributed by atoms with van der Waals surface area (Å²) in [6.45, 7) is 4.77. The molecule has 0 spiro atoms. The molecule has 1 aliphatic carbocycles. The largest absolute Gasteiger partial charge is 0.348 e. The van der Waals surface area contributed by atoms with Gasteiger partial charge in [-0.15, -0.1) is 0 Å². The third-order valence-electron chi connectivity index (χ3n) is 3.40. The van der Waals surface area contributed by atoms with Crippen LogP contribution in [0.4, 0.5) is 0 Å². The first-order valence-corrected chi connectivity index (χ1v) is 7.18. The van der Waals surface area contributed by atoms with E-state index < -0.39 is 11.8 Å². The van der Waals surface area contributed by atoms with Crippen molar-refractivity contribution in [2.45, 2.75) is 64.8 Å². The zero-order valence-corrected chi connectivity index (χ0v) is 11.6. The fraction of sp³-hybridized carbons (Fsp3) is 0.857. The van der Waals surface area contributed by atoms with Crippen LogP contribution in [0.3, 0.4) is 0 Å². The first-order chi connectivity index (χ1) is 8.59. The Morgan fingerprint density at radius 2 is 1.67 bits per heavy atom. The molecule has 4 nitrogen and oxygen atoms in total. The highest BCUT2D eigenvalue weighted by Crippen LogP contribution is 2.16. The van der Waals surface area contributed by atoms with Crippen LogP contribution in [-0.4, -0.2) is 24.4 Å². The molecule has 2 amide bonds. The summed E-state index contributed by atoms with van der Waals surface area (Å²) < 4.78 is 0. The van der Waals surface area contributed by atoms with Crippen molar-refractivity contribution in [3.8, 4) is 0 Å². The molecule has 0 aromatic rings. The van der Waals surface area contributed by atoms with Gasteiger partial charge in [-0.3, -0.25) is 9.59 Å². The SMILES string of the molecule is CC(C)CCNC(=O)C(=O)NC1CCCCCC1. The predicted octanol–water partition coefficient (Wildman–Crippen LogP) is 1.99. The van der Waals surface area contributed by atoms with Crippen LogP contribution in [0, 0.1) is 5.92 Å². The van der Waals surface area contributed by atoms with E-state index in [9.17, 15) is 9.59 Å². The maximum atomic E-state index is 11.7. The van der Waals surface area contributed by atoms with E-state index >= 15 is 0 Å². The molecular weight excluding hydrogens is 228 g/mol. The van der Waals surface area contributed by atoms with Gasteiger partial charge in [0.05, 0.1) is 0 Å². The van der Waals surface area contributed by atoms with Crippen LogP contribution in [0.2, 0.25) is 0 Å². The van der Waals surface area contributed by atoms with Gasteiger partial charge >= 0.3 is 11.8 Å². The van der Waals surface area contributed by atoms with E-state index in [1.807, 2.05) is 0 Å². The van der Waals surface area contributed by atoms with Crippen LogP contribution in [-0.2, 0) is 9.59 Å². The quantitative estimate of drug-likeness (QED) is 0.595. The van der Waals surface area contributed by atoms with Crippen LogP contribution in [0.25, 0.3) is 0 Å². The maximum absolute atomic E-state index is 11.7. The van der Waals surface area contributed by atoms with E-state index in [1.54, 1.807) is 0 Å². The van der Waals surface area contributed by atoms with E-state index in [2.05, 4.69) is 24.5 Å². The minimum Gasteiger partial charge on any atom is -0.348 e. The smallest absolute Gasteiger partial charge is 0.309 e. The summed E-state index contributed by atoms with van der Waals surface area (Å²) in [4.78, 5) is 23.2. The summed E-state index contributed by atoms with van der Waals surface area (Å²) in [5.41, 5.74) is 0. The fourth-order valence-corrected chi connectivity index (χ4v) is 2.23. The Bertz CT molecular complexity index is 269. The standard InChI is InChI=1S/C14H26N2O2/c1-11(2)9-10-15-13(17)14(18)16-12-7-5-3-4-6-8-12/h11-12H,3-10H2,1-2H3,(H,15,17)(H,16,18). The van der Waals surface area contributed by atoms with Crippen molar-refractivity contribution in [3.63, 3.8) is 0 Å². The molecule has 2 N–H and O–H groups in total. The molecule has 4 heteroatoms. The Labute approximate surface area is 110 Å². The van der Waals surface area contributed by atoms with Gasteiger partial charge in [0.2, 0.25) is 0 Å². The second-order valence-corrected chi connectivity index (χ2v) is 5.60. The van der Waals surface area contributed by atoms with Gasteiger partial charge in [-0.25, -0.2) is 0 Å². The highest BCUT2D eigenvalue weighted by atomic mass is 16.2. The molecule has 104 valence electrons. The van der Waals surface area contributed by atoms with E-state index in [-0.39, 0.29) is 6.04 Å². The predicted molar refractivity (Wildman–Crippen MR) is 72.1 cm³/mol. The molecule has 1 rings (SSSR count). The average molecular weight is 254 g/mol.